The molecule has 1 heteroatoms. The molecule has 0 aliphatic heterocycles. The lowest BCUT2D eigenvalue weighted by molar-refractivity contribution is 0.933. The SMILES string of the molecule is c1ccc(CCCSC2CC2)cc1. The Labute approximate surface area is 84.7 Å². The Balaban J connectivity index is 1.61. The van der Waals surface area contributed by atoms with Gasteiger partial charge in [-0.3, -0.25) is 0 Å². The van der Waals surface area contributed by atoms with E-state index in [2.05, 4.69) is 42.1 Å². The molecule has 0 amide bonds. The molecule has 1 aromatic carbocycles. The van der Waals surface area contributed by atoms with Gasteiger partial charge in [-0.15, -0.1) is 0 Å². The van der Waals surface area contributed by atoms with Crippen LogP contribution in [-0.2, 0) is 6.42 Å². The topological polar surface area (TPSA) is 0 Å². The summed E-state index contributed by atoms with van der Waals surface area (Å²) in [5.74, 6) is 1.35. The highest BCUT2D eigenvalue weighted by molar-refractivity contribution is 8.00. The minimum absolute atomic E-state index is 1.02. The fraction of sp³-hybridized carbons (Fsp3) is 0.500. The lowest BCUT2D eigenvalue weighted by Gasteiger charge is -2.00. The second-order valence-electron chi connectivity index (χ2n) is 3.66. The van der Waals surface area contributed by atoms with E-state index in [-0.39, 0.29) is 0 Å². The molecule has 1 aliphatic rings. The summed E-state index contributed by atoms with van der Waals surface area (Å²) in [6.07, 6.45) is 5.53. The zero-order valence-electron chi connectivity index (χ0n) is 7.91. The first kappa shape index (κ1) is 9.14. The van der Waals surface area contributed by atoms with Crippen molar-refractivity contribution < 1.29 is 0 Å². The monoisotopic (exact) mass is 192 g/mol. The van der Waals surface area contributed by atoms with Gasteiger partial charge in [0.2, 0.25) is 0 Å². The van der Waals surface area contributed by atoms with Gasteiger partial charge in [-0.1, -0.05) is 30.3 Å². The normalized spacial score (nSPS) is 16.0. The van der Waals surface area contributed by atoms with Gasteiger partial charge in [0.15, 0.2) is 0 Å². The molecule has 2 rings (SSSR count). The molecule has 0 radical (unpaired) electrons. The molecule has 1 aliphatic carbocycles. The molecule has 1 aromatic rings. The van der Waals surface area contributed by atoms with Gasteiger partial charge < -0.3 is 0 Å². The summed E-state index contributed by atoms with van der Waals surface area (Å²) in [5, 5.41) is 1.02. The summed E-state index contributed by atoms with van der Waals surface area (Å²) in [7, 11) is 0. The Morgan fingerprint density at radius 2 is 1.92 bits per heavy atom. The molecular weight excluding hydrogens is 176 g/mol. The molecule has 0 aromatic heterocycles. The van der Waals surface area contributed by atoms with E-state index >= 15 is 0 Å². The van der Waals surface area contributed by atoms with Gasteiger partial charge in [0, 0.05) is 5.25 Å². The fourth-order valence-electron chi connectivity index (χ4n) is 1.41. The molecular formula is C12H16S. The highest BCUT2D eigenvalue weighted by atomic mass is 32.2. The molecule has 1 fully saturated rings. The maximum atomic E-state index is 2.22. The standard InChI is InChI=1S/C12H16S/c1-2-5-11(6-3-1)7-4-10-13-12-8-9-12/h1-3,5-6,12H,4,7-10H2. The Kier molecular flexibility index (Phi) is 3.31. The van der Waals surface area contributed by atoms with Crippen LogP contribution in [-0.4, -0.2) is 11.0 Å². The quantitative estimate of drug-likeness (QED) is 0.643. The first-order valence-corrected chi connectivity index (χ1v) is 6.15. The zero-order valence-corrected chi connectivity index (χ0v) is 8.72. The van der Waals surface area contributed by atoms with Crippen molar-refractivity contribution in [2.75, 3.05) is 5.75 Å². The number of hydrogen-bond donors (Lipinski definition) is 0. The summed E-state index contributed by atoms with van der Waals surface area (Å²) in [5.41, 5.74) is 1.49. The molecule has 0 bridgehead atoms. The van der Waals surface area contributed by atoms with E-state index in [1.165, 1.54) is 37.0 Å². The third-order valence-corrected chi connectivity index (χ3v) is 3.80. The lowest BCUT2D eigenvalue weighted by Crippen LogP contribution is -1.88. The van der Waals surface area contributed by atoms with Crippen molar-refractivity contribution >= 4 is 11.8 Å². The van der Waals surface area contributed by atoms with Gasteiger partial charge in [0.1, 0.15) is 0 Å². The van der Waals surface area contributed by atoms with Crippen molar-refractivity contribution in [2.24, 2.45) is 0 Å². The van der Waals surface area contributed by atoms with Crippen LogP contribution in [0.4, 0.5) is 0 Å². The highest BCUT2D eigenvalue weighted by Gasteiger charge is 2.20. The van der Waals surface area contributed by atoms with Crippen LogP contribution >= 0.6 is 11.8 Å². The van der Waals surface area contributed by atoms with Crippen molar-refractivity contribution in [3.63, 3.8) is 0 Å². The number of benzene rings is 1. The number of hydrogen-bond acceptors (Lipinski definition) is 1. The fourth-order valence-corrected chi connectivity index (χ4v) is 2.52. The summed E-state index contributed by atoms with van der Waals surface area (Å²) in [6, 6.07) is 10.8. The second kappa shape index (κ2) is 4.71. The van der Waals surface area contributed by atoms with E-state index in [9.17, 15) is 0 Å². The van der Waals surface area contributed by atoms with E-state index in [1.54, 1.807) is 0 Å². The minimum atomic E-state index is 1.02. The number of thioether (sulfide) groups is 1. The van der Waals surface area contributed by atoms with Gasteiger partial charge in [-0.05, 0) is 37.0 Å². The predicted octanol–water partition coefficient (Wildman–Crippen LogP) is 3.51. The Hall–Kier alpha value is -0.430. The maximum Gasteiger partial charge on any atom is 0.00478 e. The van der Waals surface area contributed by atoms with E-state index in [0.717, 1.165) is 5.25 Å². The van der Waals surface area contributed by atoms with Crippen LogP contribution in [0.25, 0.3) is 0 Å². The zero-order chi connectivity index (χ0) is 8.93. The largest absolute Gasteiger partial charge is 0.159 e. The Morgan fingerprint density at radius 3 is 2.62 bits per heavy atom. The van der Waals surface area contributed by atoms with Crippen LogP contribution in [0, 0.1) is 0 Å². The number of rotatable bonds is 5. The Morgan fingerprint density at radius 1 is 1.15 bits per heavy atom. The predicted molar refractivity (Wildman–Crippen MR) is 60.2 cm³/mol. The second-order valence-corrected chi connectivity index (χ2v) is 5.07. The van der Waals surface area contributed by atoms with Crippen LogP contribution in [0.5, 0.6) is 0 Å². The van der Waals surface area contributed by atoms with E-state index in [0.29, 0.717) is 0 Å². The molecule has 0 N–H and O–H groups in total. The molecule has 0 nitrogen and oxygen atoms in total. The summed E-state index contributed by atoms with van der Waals surface area (Å²) in [4.78, 5) is 0. The van der Waals surface area contributed by atoms with Gasteiger partial charge >= 0.3 is 0 Å². The number of aryl methyl sites for hydroxylation is 1. The van der Waals surface area contributed by atoms with Crippen molar-refractivity contribution in [1.82, 2.24) is 0 Å². The molecule has 13 heavy (non-hydrogen) atoms. The molecule has 0 spiro atoms. The van der Waals surface area contributed by atoms with E-state index < -0.39 is 0 Å². The first-order valence-electron chi connectivity index (χ1n) is 5.11. The van der Waals surface area contributed by atoms with Crippen LogP contribution in [0.1, 0.15) is 24.8 Å². The van der Waals surface area contributed by atoms with Crippen molar-refractivity contribution in [3.05, 3.63) is 35.9 Å². The highest BCUT2D eigenvalue weighted by Crippen LogP contribution is 2.34. The van der Waals surface area contributed by atoms with Gasteiger partial charge in [-0.2, -0.15) is 11.8 Å². The molecule has 1 saturated carbocycles. The summed E-state index contributed by atoms with van der Waals surface area (Å²) < 4.78 is 0. The van der Waals surface area contributed by atoms with Gasteiger partial charge in [-0.25, -0.2) is 0 Å². The lowest BCUT2D eigenvalue weighted by atomic mass is 10.1. The molecule has 0 saturated heterocycles. The summed E-state index contributed by atoms with van der Waals surface area (Å²) >= 11 is 2.16. The third-order valence-electron chi connectivity index (χ3n) is 2.33. The van der Waals surface area contributed by atoms with Crippen LogP contribution < -0.4 is 0 Å². The van der Waals surface area contributed by atoms with Gasteiger partial charge in [0.25, 0.3) is 0 Å². The van der Waals surface area contributed by atoms with Crippen LogP contribution in [0.15, 0.2) is 30.3 Å². The first-order chi connectivity index (χ1) is 6.45. The average Bonchev–Trinajstić information content (AvgIpc) is 2.98. The smallest absolute Gasteiger partial charge is 0.00478 e. The molecule has 0 atom stereocenters. The van der Waals surface area contributed by atoms with Crippen molar-refractivity contribution in [2.45, 2.75) is 30.9 Å². The average molecular weight is 192 g/mol. The summed E-state index contributed by atoms with van der Waals surface area (Å²) in [6.45, 7) is 0. The van der Waals surface area contributed by atoms with Crippen molar-refractivity contribution in [1.29, 1.82) is 0 Å². The molecule has 70 valence electrons. The maximum absolute atomic E-state index is 2.22. The van der Waals surface area contributed by atoms with Crippen molar-refractivity contribution in [3.8, 4) is 0 Å². The van der Waals surface area contributed by atoms with Gasteiger partial charge in [0.05, 0.1) is 0 Å². The Bertz CT molecular complexity index is 239. The van der Waals surface area contributed by atoms with E-state index in [4.69, 9.17) is 0 Å². The van der Waals surface area contributed by atoms with Crippen LogP contribution in [0.2, 0.25) is 0 Å². The van der Waals surface area contributed by atoms with E-state index in [1.807, 2.05) is 0 Å². The molecule has 0 heterocycles. The molecule has 0 unspecified atom stereocenters. The van der Waals surface area contributed by atoms with Crippen LogP contribution in [0.3, 0.4) is 0 Å². The minimum Gasteiger partial charge on any atom is -0.159 e. The third kappa shape index (κ3) is 3.43.